The lowest BCUT2D eigenvalue weighted by Crippen LogP contribution is -2.48. The maximum atomic E-state index is 13.4. The van der Waals surface area contributed by atoms with E-state index in [-0.39, 0.29) is 17.2 Å². The van der Waals surface area contributed by atoms with Crippen LogP contribution in [-0.4, -0.2) is 34.1 Å². The summed E-state index contributed by atoms with van der Waals surface area (Å²) in [7, 11) is -2.49. The van der Waals surface area contributed by atoms with Crippen LogP contribution < -0.4 is 19.1 Å². The smallest absolute Gasteiger partial charge is 0.267 e. The number of carbonyl (C=O) groups excluding carboxylic acids is 1. The second-order valence-corrected chi connectivity index (χ2v) is 8.64. The molecule has 3 aromatic carbocycles. The van der Waals surface area contributed by atoms with E-state index in [1.54, 1.807) is 36.4 Å². The lowest BCUT2D eigenvalue weighted by molar-refractivity contribution is -0.122. The lowest BCUT2D eigenvalue weighted by atomic mass is 10.2. The molecule has 1 aliphatic heterocycles. The normalized spacial score (nSPS) is 15.5. The molecule has 1 atom stereocenters. The van der Waals surface area contributed by atoms with E-state index in [9.17, 15) is 17.6 Å². The highest BCUT2D eigenvalue weighted by Crippen LogP contribution is 2.37. The Hall–Kier alpha value is -3.59. The Morgan fingerprint density at radius 1 is 1.06 bits per heavy atom. The average Bonchev–Trinajstić information content (AvgIpc) is 2.79. The number of anilines is 2. The van der Waals surface area contributed by atoms with Gasteiger partial charge in [-0.3, -0.25) is 9.10 Å². The Balaban J connectivity index is 1.65. The van der Waals surface area contributed by atoms with Gasteiger partial charge in [0.15, 0.2) is 6.10 Å². The number of ether oxygens (including phenoxy) is 2. The van der Waals surface area contributed by atoms with Crippen molar-refractivity contribution in [3.8, 4) is 11.5 Å². The number of carbonyl (C=O) groups is 1. The van der Waals surface area contributed by atoms with Crippen molar-refractivity contribution in [3.05, 3.63) is 78.6 Å². The quantitative estimate of drug-likeness (QED) is 0.655. The highest BCUT2D eigenvalue weighted by molar-refractivity contribution is 7.92. The largest absolute Gasteiger partial charge is 0.497 e. The van der Waals surface area contributed by atoms with Crippen molar-refractivity contribution in [2.24, 2.45) is 0 Å². The molecule has 0 aromatic heterocycles. The van der Waals surface area contributed by atoms with Crippen LogP contribution in [0.15, 0.2) is 77.7 Å². The number of sulfonamides is 1. The fraction of sp³-hybridized carbons (Fsp3) is 0.136. The number of hydrogen-bond donors (Lipinski definition) is 1. The summed E-state index contributed by atoms with van der Waals surface area (Å²) in [4.78, 5) is 12.8. The van der Waals surface area contributed by atoms with Gasteiger partial charge in [0.1, 0.15) is 17.3 Å². The average molecular weight is 442 g/mol. The molecule has 160 valence electrons. The third kappa shape index (κ3) is 4.17. The van der Waals surface area contributed by atoms with Gasteiger partial charge in [-0.2, -0.15) is 0 Å². The van der Waals surface area contributed by atoms with Gasteiger partial charge in [0.05, 0.1) is 24.2 Å². The minimum atomic E-state index is -3.98. The summed E-state index contributed by atoms with van der Waals surface area (Å²) in [5.41, 5.74) is 0.711. The Bertz CT molecular complexity index is 1200. The van der Waals surface area contributed by atoms with Gasteiger partial charge < -0.3 is 14.8 Å². The van der Waals surface area contributed by atoms with Crippen LogP contribution in [0, 0.1) is 5.82 Å². The Labute approximate surface area is 179 Å². The van der Waals surface area contributed by atoms with Gasteiger partial charge in [-0.15, -0.1) is 0 Å². The van der Waals surface area contributed by atoms with Crippen LogP contribution in [-0.2, 0) is 14.8 Å². The number of halogens is 1. The zero-order valence-corrected chi connectivity index (χ0v) is 17.3. The number of fused-ring (bicyclic) bond motifs is 1. The predicted octanol–water partition coefficient (Wildman–Crippen LogP) is 3.43. The second kappa shape index (κ2) is 8.27. The molecule has 1 heterocycles. The monoisotopic (exact) mass is 442 g/mol. The third-order valence-corrected chi connectivity index (χ3v) is 6.58. The molecule has 3 aromatic rings. The van der Waals surface area contributed by atoms with Gasteiger partial charge in [-0.1, -0.05) is 12.1 Å². The Kier molecular flexibility index (Phi) is 5.51. The van der Waals surface area contributed by atoms with Crippen molar-refractivity contribution in [2.45, 2.75) is 11.0 Å². The second-order valence-electron chi connectivity index (χ2n) is 6.78. The van der Waals surface area contributed by atoms with Crippen molar-refractivity contribution >= 4 is 27.3 Å². The molecular formula is C22H19FN2O5S. The summed E-state index contributed by atoms with van der Waals surface area (Å²) in [6.45, 7) is -0.224. The summed E-state index contributed by atoms with van der Waals surface area (Å²) in [5.74, 6) is -0.184. The van der Waals surface area contributed by atoms with Gasteiger partial charge >= 0.3 is 0 Å². The van der Waals surface area contributed by atoms with Crippen molar-refractivity contribution in [1.82, 2.24) is 0 Å². The van der Waals surface area contributed by atoms with Gasteiger partial charge in [0.25, 0.3) is 15.9 Å². The molecule has 1 aliphatic rings. The van der Waals surface area contributed by atoms with Crippen molar-refractivity contribution < 1.29 is 27.1 Å². The van der Waals surface area contributed by atoms with Crippen LogP contribution in [0.3, 0.4) is 0 Å². The minimum Gasteiger partial charge on any atom is -0.497 e. The number of hydrogen-bond acceptors (Lipinski definition) is 5. The Morgan fingerprint density at radius 3 is 2.42 bits per heavy atom. The van der Waals surface area contributed by atoms with E-state index in [2.05, 4.69) is 5.32 Å². The van der Waals surface area contributed by atoms with E-state index in [0.29, 0.717) is 17.1 Å². The minimum absolute atomic E-state index is 0.0581. The van der Waals surface area contributed by atoms with Gasteiger partial charge in [-0.25, -0.2) is 12.8 Å². The zero-order chi connectivity index (χ0) is 22.0. The molecule has 7 nitrogen and oxygen atoms in total. The zero-order valence-electron chi connectivity index (χ0n) is 16.5. The molecule has 0 aliphatic carbocycles. The fourth-order valence-corrected chi connectivity index (χ4v) is 4.67. The highest BCUT2D eigenvalue weighted by atomic mass is 32.2. The SMILES string of the molecule is COc1ccc(S(=O)(=O)N2C[C@H](C(=O)Nc3ccc(F)cc3)Oc3ccccc32)cc1. The summed E-state index contributed by atoms with van der Waals surface area (Å²) < 4.78 is 51.9. The third-order valence-electron chi connectivity index (χ3n) is 4.79. The molecule has 0 fully saturated rings. The first-order valence-electron chi connectivity index (χ1n) is 9.37. The van der Waals surface area contributed by atoms with Crippen LogP contribution >= 0.6 is 0 Å². The van der Waals surface area contributed by atoms with E-state index in [1.807, 2.05) is 0 Å². The number of nitrogens with one attached hydrogen (secondary N) is 1. The topological polar surface area (TPSA) is 84.9 Å². The standard InChI is InChI=1S/C22H19FN2O5S/c1-29-17-10-12-18(13-11-17)31(27,28)25-14-21(30-20-5-3-2-4-19(20)25)22(26)24-16-8-6-15(23)7-9-16/h2-13,21H,14H2,1H3,(H,24,26)/t21-/m1/s1. The van der Waals surface area contributed by atoms with Crippen molar-refractivity contribution in [1.29, 1.82) is 0 Å². The van der Waals surface area contributed by atoms with Crippen LogP contribution in [0.5, 0.6) is 11.5 Å². The molecule has 9 heteroatoms. The van der Waals surface area contributed by atoms with Crippen LogP contribution in [0.2, 0.25) is 0 Å². The van der Waals surface area contributed by atoms with E-state index in [4.69, 9.17) is 9.47 Å². The van der Waals surface area contributed by atoms with Crippen molar-refractivity contribution in [2.75, 3.05) is 23.3 Å². The fourth-order valence-electron chi connectivity index (χ4n) is 3.20. The molecule has 1 amide bonds. The summed E-state index contributed by atoms with van der Waals surface area (Å²) >= 11 is 0. The molecule has 0 spiro atoms. The first-order valence-corrected chi connectivity index (χ1v) is 10.8. The van der Waals surface area contributed by atoms with Crippen LogP contribution in [0.1, 0.15) is 0 Å². The molecule has 0 saturated carbocycles. The van der Waals surface area contributed by atoms with E-state index >= 15 is 0 Å². The lowest BCUT2D eigenvalue weighted by Gasteiger charge is -2.34. The number of amides is 1. The first kappa shape index (κ1) is 20.7. The summed E-state index contributed by atoms with van der Waals surface area (Å²) in [6, 6.07) is 17.9. The summed E-state index contributed by atoms with van der Waals surface area (Å²) in [6.07, 6.45) is -1.10. The number of benzene rings is 3. The van der Waals surface area contributed by atoms with Crippen molar-refractivity contribution in [3.63, 3.8) is 0 Å². The van der Waals surface area contributed by atoms with Gasteiger partial charge in [0.2, 0.25) is 0 Å². The summed E-state index contributed by atoms with van der Waals surface area (Å²) in [5, 5.41) is 2.63. The maximum absolute atomic E-state index is 13.4. The van der Waals surface area contributed by atoms with E-state index in [0.717, 1.165) is 4.31 Å². The molecule has 0 radical (unpaired) electrons. The van der Waals surface area contributed by atoms with E-state index in [1.165, 1.54) is 43.5 Å². The maximum Gasteiger partial charge on any atom is 0.267 e. The molecular weight excluding hydrogens is 423 g/mol. The number of para-hydroxylation sites is 2. The first-order chi connectivity index (χ1) is 14.9. The highest BCUT2D eigenvalue weighted by Gasteiger charge is 2.37. The van der Waals surface area contributed by atoms with Gasteiger partial charge in [-0.05, 0) is 60.7 Å². The van der Waals surface area contributed by atoms with Crippen LogP contribution in [0.4, 0.5) is 15.8 Å². The van der Waals surface area contributed by atoms with Gasteiger partial charge in [0, 0.05) is 5.69 Å². The number of rotatable bonds is 5. The molecule has 0 bridgehead atoms. The predicted molar refractivity (Wildman–Crippen MR) is 113 cm³/mol. The number of nitrogens with zero attached hydrogens (tertiary/aromatic N) is 1. The molecule has 1 N–H and O–H groups in total. The van der Waals surface area contributed by atoms with Crippen LogP contribution in [0.25, 0.3) is 0 Å². The Morgan fingerprint density at radius 2 is 1.74 bits per heavy atom. The number of methoxy groups -OCH3 is 1. The van der Waals surface area contributed by atoms with E-state index < -0.39 is 27.9 Å². The molecule has 0 unspecified atom stereocenters. The molecule has 0 saturated heterocycles. The molecule has 31 heavy (non-hydrogen) atoms. The molecule has 4 rings (SSSR count).